The normalized spacial score (nSPS) is 11.6. The number of benzene rings is 12. The lowest BCUT2D eigenvalue weighted by molar-refractivity contribution is 0.670. The van der Waals surface area contributed by atoms with E-state index in [0.29, 0.717) is 0 Å². The first kappa shape index (κ1) is 37.8. The molecule has 0 spiro atoms. The number of hydrogen-bond donors (Lipinski definition) is 0. The molecule has 0 fully saturated rings. The molecule has 0 N–H and O–H groups in total. The first-order valence-electron chi connectivity index (χ1n) is 22.7. The highest BCUT2D eigenvalue weighted by molar-refractivity contribution is 6.25. The van der Waals surface area contributed by atoms with Crippen LogP contribution in [0, 0.1) is 0 Å². The number of nitrogens with zero attached hydrogens (tertiary/aromatic N) is 1. The van der Waals surface area contributed by atoms with E-state index >= 15 is 0 Å². The molecular formula is C64H41NO. The zero-order valence-electron chi connectivity index (χ0n) is 36.0. The number of para-hydroxylation sites is 2. The van der Waals surface area contributed by atoms with Gasteiger partial charge in [-0.2, -0.15) is 0 Å². The molecule has 0 saturated carbocycles. The number of anilines is 3. The molecule has 0 radical (unpaired) electrons. The third kappa shape index (κ3) is 6.34. The summed E-state index contributed by atoms with van der Waals surface area (Å²) in [5.74, 6) is 0. The van der Waals surface area contributed by atoms with Crippen molar-refractivity contribution in [1.29, 1.82) is 0 Å². The molecule has 0 amide bonds. The van der Waals surface area contributed by atoms with Crippen LogP contribution >= 0.6 is 0 Å². The van der Waals surface area contributed by atoms with Crippen LogP contribution in [-0.2, 0) is 0 Å². The Hall–Kier alpha value is -8.72. The van der Waals surface area contributed by atoms with Crippen LogP contribution in [0.3, 0.4) is 0 Å². The maximum atomic E-state index is 6.47. The average molecular weight is 840 g/mol. The Bertz CT molecular complexity index is 3950. The number of fused-ring (bicyclic) bond motifs is 10. The second kappa shape index (κ2) is 15.5. The Morgan fingerprint density at radius 1 is 0.242 bits per heavy atom. The molecule has 0 aliphatic heterocycles. The lowest BCUT2D eigenvalue weighted by atomic mass is 9.92. The van der Waals surface area contributed by atoms with Crippen LogP contribution in [-0.4, -0.2) is 0 Å². The highest BCUT2D eigenvalue weighted by atomic mass is 16.3. The molecule has 1 heterocycles. The van der Waals surface area contributed by atoms with Gasteiger partial charge in [0.1, 0.15) is 11.2 Å². The summed E-state index contributed by atoms with van der Waals surface area (Å²) in [6, 6.07) is 90.2. The van der Waals surface area contributed by atoms with Crippen LogP contribution in [0.15, 0.2) is 253 Å². The van der Waals surface area contributed by atoms with Crippen molar-refractivity contribution in [2.24, 2.45) is 0 Å². The molecule has 2 nitrogen and oxygen atoms in total. The van der Waals surface area contributed by atoms with E-state index in [1.165, 1.54) is 70.9 Å². The molecule has 0 unspecified atom stereocenters. The fourth-order valence-corrected chi connectivity index (χ4v) is 10.3. The minimum Gasteiger partial charge on any atom is -0.455 e. The van der Waals surface area contributed by atoms with E-state index in [2.05, 4.69) is 241 Å². The molecule has 0 aliphatic rings. The third-order valence-electron chi connectivity index (χ3n) is 13.4. The van der Waals surface area contributed by atoms with Crippen LogP contribution in [0.4, 0.5) is 17.1 Å². The van der Waals surface area contributed by atoms with Gasteiger partial charge in [0.2, 0.25) is 0 Å². The molecule has 1 aromatic heterocycles. The van der Waals surface area contributed by atoms with Crippen molar-refractivity contribution in [3.05, 3.63) is 249 Å². The fourth-order valence-electron chi connectivity index (χ4n) is 10.3. The Morgan fingerprint density at radius 2 is 0.727 bits per heavy atom. The van der Waals surface area contributed by atoms with Gasteiger partial charge in [-0.3, -0.25) is 0 Å². The van der Waals surface area contributed by atoms with Crippen molar-refractivity contribution in [3.8, 4) is 44.5 Å². The molecule has 0 atom stereocenters. The van der Waals surface area contributed by atoms with Crippen molar-refractivity contribution in [1.82, 2.24) is 0 Å². The van der Waals surface area contributed by atoms with Gasteiger partial charge in [0.15, 0.2) is 0 Å². The van der Waals surface area contributed by atoms with Crippen LogP contribution in [0.25, 0.3) is 110 Å². The van der Waals surface area contributed by atoms with Crippen molar-refractivity contribution in [2.45, 2.75) is 0 Å². The highest BCUT2D eigenvalue weighted by Gasteiger charge is 2.18. The van der Waals surface area contributed by atoms with Crippen LogP contribution < -0.4 is 4.90 Å². The molecule has 0 bridgehead atoms. The smallest absolute Gasteiger partial charge is 0.143 e. The van der Waals surface area contributed by atoms with Crippen molar-refractivity contribution >= 4 is 82.1 Å². The quantitative estimate of drug-likeness (QED) is 0.149. The summed E-state index contributed by atoms with van der Waals surface area (Å²) in [5, 5.41) is 12.4. The molecule has 13 aromatic rings. The van der Waals surface area contributed by atoms with E-state index in [0.717, 1.165) is 55.7 Å². The monoisotopic (exact) mass is 839 g/mol. The lowest BCUT2D eigenvalue weighted by Crippen LogP contribution is -2.10. The number of furan rings is 1. The Kier molecular flexibility index (Phi) is 8.89. The van der Waals surface area contributed by atoms with Gasteiger partial charge in [0.25, 0.3) is 0 Å². The average Bonchev–Trinajstić information content (AvgIpc) is 3.78. The fraction of sp³-hybridized carbons (Fsp3) is 0. The summed E-state index contributed by atoms with van der Waals surface area (Å²) < 4.78 is 6.47. The summed E-state index contributed by atoms with van der Waals surface area (Å²) in [6.45, 7) is 0. The minimum absolute atomic E-state index is 0.902. The van der Waals surface area contributed by atoms with Crippen molar-refractivity contribution in [3.63, 3.8) is 0 Å². The van der Waals surface area contributed by atoms with E-state index in [9.17, 15) is 0 Å². The van der Waals surface area contributed by atoms with Crippen LogP contribution in [0.2, 0.25) is 0 Å². The maximum absolute atomic E-state index is 6.47. The molecule has 308 valence electrons. The van der Waals surface area contributed by atoms with Gasteiger partial charge in [-0.05, 0) is 137 Å². The van der Waals surface area contributed by atoms with Gasteiger partial charge in [0, 0.05) is 33.4 Å². The maximum Gasteiger partial charge on any atom is 0.143 e. The minimum atomic E-state index is 0.902. The predicted molar refractivity (Wildman–Crippen MR) is 280 cm³/mol. The van der Waals surface area contributed by atoms with E-state index < -0.39 is 0 Å². The molecule has 13 rings (SSSR count). The Labute approximate surface area is 382 Å². The van der Waals surface area contributed by atoms with E-state index in [1.54, 1.807) is 0 Å². The summed E-state index contributed by atoms with van der Waals surface area (Å²) >= 11 is 0. The third-order valence-corrected chi connectivity index (χ3v) is 13.4. The van der Waals surface area contributed by atoms with Gasteiger partial charge in [0.05, 0.1) is 0 Å². The summed E-state index contributed by atoms with van der Waals surface area (Å²) in [6.07, 6.45) is 0. The SMILES string of the molecule is c1cc(-c2cccc(N(c3ccc(-c4ccc5c6ccccc6c6ccccc6c5c4)cc3)c3ccc(-c4cccc5c4oc4ccccc45)cc3)c2)cc(-c2cccc3ccccc23)c1. The Morgan fingerprint density at radius 3 is 1.47 bits per heavy atom. The van der Waals surface area contributed by atoms with Gasteiger partial charge in [-0.1, -0.05) is 194 Å². The van der Waals surface area contributed by atoms with Crippen molar-refractivity contribution in [2.75, 3.05) is 4.90 Å². The standard InChI is InChI=1S/C64H41NO/c1-2-19-52-43(13-1)14-11-25-53(52)48-17-9-15-45(39-48)46-16-10-18-51(40-46)65(50-36-31-44(32-37-50)54-26-12-27-61-60-24-7-8-28-63(60)66-64(54)61)49-34-29-42(30-35-49)47-33-38-59-57-22-4-3-20-55(57)56-21-5-6-23-58(56)62(59)41-47/h1-41H. The highest BCUT2D eigenvalue weighted by Crippen LogP contribution is 2.42. The van der Waals surface area contributed by atoms with Crippen molar-refractivity contribution < 1.29 is 4.42 Å². The summed E-state index contributed by atoms with van der Waals surface area (Å²) in [7, 11) is 0. The van der Waals surface area contributed by atoms with Crippen LogP contribution in [0.5, 0.6) is 0 Å². The Balaban J connectivity index is 0.915. The van der Waals surface area contributed by atoms with Gasteiger partial charge in [-0.15, -0.1) is 0 Å². The number of hydrogen-bond acceptors (Lipinski definition) is 2. The first-order chi connectivity index (χ1) is 32.7. The zero-order chi connectivity index (χ0) is 43.6. The van der Waals surface area contributed by atoms with Crippen LogP contribution in [0.1, 0.15) is 0 Å². The van der Waals surface area contributed by atoms with E-state index in [1.807, 2.05) is 12.1 Å². The molecule has 66 heavy (non-hydrogen) atoms. The molecular weight excluding hydrogens is 799 g/mol. The summed E-state index contributed by atoms with van der Waals surface area (Å²) in [5.41, 5.74) is 14.3. The topological polar surface area (TPSA) is 16.4 Å². The molecule has 2 heteroatoms. The molecule has 0 saturated heterocycles. The predicted octanol–water partition coefficient (Wildman–Crippen LogP) is 18.3. The second-order valence-corrected chi connectivity index (χ2v) is 17.2. The van der Waals surface area contributed by atoms with Gasteiger partial charge in [-0.25, -0.2) is 0 Å². The molecule has 0 aliphatic carbocycles. The largest absolute Gasteiger partial charge is 0.455 e. The zero-order valence-corrected chi connectivity index (χ0v) is 36.0. The lowest BCUT2D eigenvalue weighted by Gasteiger charge is -2.26. The van der Waals surface area contributed by atoms with Gasteiger partial charge < -0.3 is 9.32 Å². The van der Waals surface area contributed by atoms with Gasteiger partial charge >= 0.3 is 0 Å². The number of rotatable bonds is 7. The first-order valence-corrected chi connectivity index (χ1v) is 22.7. The molecule has 12 aromatic carbocycles. The second-order valence-electron chi connectivity index (χ2n) is 17.2. The van der Waals surface area contributed by atoms with E-state index in [4.69, 9.17) is 4.42 Å². The summed E-state index contributed by atoms with van der Waals surface area (Å²) in [4.78, 5) is 2.37. The van der Waals surface area contributed by atoms with E-state index in [-0.39, 0.29) is 0 Å².